The lowest BCUT2D eigenvalue weighted by Crippen LogP contribution is -3.07. The van der Waals surface area contributed by atoms with Gasteiger partial charge in [-0.1, -0.05) is 11.6 Å². The molecule has 0 bridgehead atoms. The van der Waals surface area contributed by atoms with E-state index in [-0.39, 0.29) is 11.1 Å². The van der Waals surface area contributed by atoms with Crippen LogP contribution in [0.2, 0.25) is 5.02 Å². The molecular formula is C15H18ClFN3OS+. The molecule has 1 aromatic heterocycles. The summed E-state index contributed by atoms with van der Waals surface area (Å²) in [5, 5.41) is 6.62. The predicted octanol–water partition coefficient (Wildman–Crippen LogP) is 2.24. The maximum Gasteiger partial charge on any atom is 0.171 e. The first-order valence-corrected chi connectivity index (χ1v) is 7.59. The van der Waals surface area contributed by atoms with E-state index in [9.17, 15) is 4.39 Å². The zero-order valence-electron chi connectivity index (χ0n) is 12.3. The van der Waals surface area contributed by atoms with E-state index in [4.69, 9.17) is 28.2 Å². The Bertz CT molecular complexity index is 634. The zero-order valence-corrected chi connectivity index (χ0v) is 13.9. The fourth-order valence-electron chi connectivity index (χ4n) is 2.02. The minimum absolute atomic E-state index is 0.0546. The number of furan rings is 1. The summed E-state index contributed by atoms with van der Waals surface area (Å²) >= 11 is 11.0. The average Bonchev–Trinajstić information content (AvgIpc) is 2.97. The molecule has 1 atom stereocenters. The SMILES string of the molecule is C[NH+](C)[C@H](CNC(=S)Nc1ccc(F)c(Cl)c1)c1ccco1. The van der Waals surface area contributed by atoms with Crippen LogP contribution in [0, 0.1) is 5.82 Å². The van der Waals surface area contributed by atoms with E-state index in [1.54, 1.807) is 12.3 Å². The number of halogens is 2. The van der Waals surface area contributed by atoms with E-state index in [1.165, 1.54) is 17.0 Å². The van der Waals surface area contributed by atoms with E-state index in [2.05, 4.69) is 10.6 Å². The van der Waals surface area contributed by atoms with Crippen LogP contribution >= 0.6 is 23.8 Å². The topological polar surface area (TPSA) is 41.6 Å². The lowest BCUT2D eigenvalue weighted by molar-refractivity contribution is -0.891. The van der Waals surface area contributed by atoms with Crippen LogP contribution in [-0.4, -0.2) is 25.8 Å². The summed E-state index contributed by atoms with van der Waals surface area (Å²) in [4.78, 5) is 1.22. The molecule has 0 unspecified atom stereocenters. The van der Waals surface area contributed by atoms with Gasteiger partial charge >= 0.3 is 0 Å². The second-order valence-corrected chi connectivity index (χ2v) is 5.92. The molecule has 0 aliphatic rings. The van der Waals surface area contributed by atoms with Crippen molar-refractivity contribution in [3.63, 3.8) is 0 Å². The van der Waals surface area contributed by atoms with Crippen LogP contribution in [0.3, 0.4) is 0 Å². The van der Waals surface area contributed by atoms with Gasteiger partial charge in [0.1, 0.15) is 5.82 Å². The molecule has 22 heavy (non-hydrogen) atoms. The predicted molar refractivity (Wildman–Crippen MR) is 89.9 cm³/mol. The first-order valence-electron chi connectivity index (χ1n) is 6.80. The van der Waals surface area contributed by atoms with E-state index in [0.29, 0.717) is 17.3 Å². The number of likely N-dealkylation sites (N-methyl/N-ethyl adjacent to an activating group) is 1. The Hall–Kier alpha value is -1.63. The third kappa shape index (κ3) is 4.43. The molecular weight excluding hydrogens is 325 g/mol. The van der Waals surface area contributed by atoms with Crippen molar-refractivity contribution >= 4 is 34.6 Å². The van der Waals surface area contributed by atoms with Gasteiger partial charge in [-0.15, -0.1) is 0 Å². The average molecular weight is 343 g/mol. The second-order valence-electron chi connectivity index (χ2n) is 5.11. The van der Waals surface area contributed by atoms with Crippen molar-refractivity contribution in [2.45, 2.75) is 6.04 Å². The molecule has 0 amide bonds. The Morgan fingerprint density at radius 1 is 1.41 bits per heavy atom. The molecule has 0 saturated heterocycles. The van der Waals surface area contributed by atoms with E-state index >= 15 is 0 Å². The van der Waals surface area contributed by atoms with Gasteiger partial charge in [0, 0.05) is 5.69 Å². The summed E-state index contributed by atoms with van der Waals surface area (Å²) in [6.45, 7) is 0.608. The number of benzene rings is 1. The van der Waals surface area contributed by atoms with Gasteiger partial charge in [-0.3, -0.25) is 0 Å². The molecule has 0 aliphatic heterocycles. The molecule has 1 aromatic carbocycles. The summed E-state index contributed by atoms with van der Waals surface area (Å²) in [6, 6.07) is 8.30. The van der Waals surface area contributed by atoms with Crippen molar-refractivity contribution in [2.75, 3.05) is 26.0 Å². The Balaban J connectivity index is 1.92. The van der Waals surface area contributed by atoms with Crippen LogP contribution in [0.15, 0.2) is 41.0 Å². The fourth-order valence-corrected chi connectivity index (χ4v) is 2.40. The molecule has 4 nitrogen and oxygen atoms in total. The van der Waals surface area contributed by atoms with Gasteiger partial charge in [0.05, 0.1) is 31.9 Å². The molecule has 0 fully saturated rings. The summed E-state index contributed by atoms with van der Waals surface area (Å²) < 4.78 is 18.6. The number of hydrogen-bond acceptors (Lipinski definition) is 2. The largest absolute Gasteiger partial charge is 0.463 e. The molecule has 2 aromatic rings. The van der Waals surface area contributed by atoms with Crippen molar-refractivity contribution in [3.8, 4) is 0 Å². The van der Waals surface area contributed by atoms with Crippen LogP contribution in [0.1, 0.15) is 11.8 Å². The minimum atomic E-state index is -0.458. The molecule has 0 aliphatic carbocycles. The van der Waals surface area contributed by atoms with Crippen LogP contribution < -0.4 is 15.5 Å². The Morgan fingerprint density at radius 2 is 2.18 bits per heavy atom. The van der Waals surface area contributed by atoms with Crippen molar-refractivity contribution < 1.29 is 13.7 Å². The molecule has 2 rings (SSSR count). The summed E-state index contributed by atoms with van der Waals surface area (Å²) in [5.41, 5.74) is 0.635. The van der Waals surface area contributed by atoms with E-state index in [0.717, 1.165) is 5.76 Å². The molecule has 0 saturated carbocycles. The number of anilines is 1. The highest BCUT2D eigenvalue weighted by atomic mass is 35.5. The van der Waals surface area contributed by atoms with E-state index in [1.807, 2.05) is 26.2 Å². The number of hydrogen-bond donors (Lipinski definition) is 3. The lowest BCUT2D eigenvalue weighted by atomic mass is 10.2. The van der Waals surface area contributed by atoms with Crippen LogP contribution in [0.4, 0.5) is 10.1 Å². The molecule has 3 N–H and O–H groups in total. The van der Waals surface area contributed by atoms with Gasteiger partial charge in [-0.25, -0.2) is 4.39 Å². The lowest BCUT2D eigenvalue weighted by Gasteiger charge is -2.20. The van der Waals surface area contributed by atoms with Gasteiger partial charge in [0.25, 0.3) is 0 Å². The standard InChI is InChI=1S/C15H17ClFN3OS/c1-20(2)13(14-4-3-7-21-14)9-18-15(22)19-10-5-6-12(17)11(16)8-10/h3-8,13H,9H2,1-2H3,(H2,18,19,22)/p+1/t13-/m1/s1. The monoisotopic (exact) mass is 342 g/mol. The Labute approximate surface area is 139 Å². The highest BCUT2D eigenvalue weighted by Crippen LogP contribution is 2.19. The van der Waals surface area contributed by atoms with Gasteiger partial charge in [-0.2, -0.15) is 0 Å². The van der Waals surface area contributed by atoms with E-state index < -0.39 is 5.82 Å². The van der Waals surface area contributed by atoms with Crippen molar-refractivity contribution in [3.05, 3.63) is 53.2 Å². The number of nitrogens with one attached hydrogen (secondary N) is 3. The van der Waals surface area contributed by atoms with Gasteiger partial charge in [0.2, 0.25) is 0 Å². The first kappa shape index (κ1) is 16.7. The summed E-state index contributed by atoms with van der Waals surface area (Å²) in [6.07, 6.45) is 1.66. The van der Waals surface area contributed by atoms with Crippen molar-refractivity contribution in [1.82, 2.24) is 5.32 Å². The Morgan fingerprint density at radius 3 is 2.77 bits per heavy atom. The first-order chi connectivity index (χ1) is 10.5. The zero-order chi connectivity index (χ0) is 16.1. The highest BCUT2D eigenvalue weighted by molar-refractivity contribution is 7.80. The Kier molecular flexibility index (Phi) is 5.76. The quantitative estimate of drug-likeness (QED) is 0.729. The fraction of sp³-hybridized carbons (Fsp3) is 0.267. The normalized spacial score (nSPS) is 12.2. The molecule has 0 radical (unpaired) electrons. The van der Waals surface area contributed by atoms with Crippen molar-refractivity contribution in [2.24, 2.45) is 0 Å². The molecule has 7 heteroatoms. The molecule has 0 spiro atoms. The number of thiocarbonyl (C=S) groups is 1. The maximum absolute atomic E-state index is 13.1. The highest BCUT2D eigenvalue weighted by Gasteiger charge is 2.20. The van der Waals surface area contributed by atoms with Gasteiger partial charge < -0.3 is 20.0 Å². The third-order valence-electron chi connectivity index (χ3n) is 3.23. The maximum atomic E-state index is 13.1. The molecule has 118 valence electrons. The van der Waals surface area contributed by atoms with Gasteiger partial charge in [0.15, 0.2) is 16.9 Å². The number of rotatable bonds is 5. The summed E-state index contributed by atoms with van der Waals surface area (Å²) in [5.74, 6) is 0.431. The summed E-state index contributed by atoms with van der Waals surface area (Å²) in [7, 11) is 4.09. The van der Waals surface area contributed by atoms with Crippen molar-refractivity contribution in [1.29, 1.82) is 0 Å². The number of quaternary nitrogens is 1. The van der Waals surface area contributed by atoms with Crippen LogP contribution in [0.25, 0.3) is 0 Å². The third-order valence-corrected chi connectivity index (χ3v) is 3.76. The van der Waals surface area contributed by atoms with Crippen LogP contribution in [0.5, 0.6) is 0 Å². The van der Waals surface area contributed by atoms with Gasteiger partial charge in [-0.05, 0) is 42.5 Å². The smallest absolute Gasteiger partial charge is 0.171 e. The molecule has 1 heterocycles. The second kappa shape index (κ2) is 7.58. The van der Waals surface area contributed by atoms with Crippen LogP contribution in [-0.2, 0) is 0 Å². The minimum Gasteiger partial charge on any atom is -0.463 e.